The number of aryl methyl sites for hydroxylation is 1. The van der Waals surface area contributed by atoms with Crippen LogP contribution in [0.4, 0.5) is 0 Å². The van der Waals surface area contributed by atoms with E-state index in [1.807, 2.05) is 18.2 Å². The van der Waals surface area contributed by atoms with Crippen molar-refractivity contribution in [1.29, 1.82) is 0 Å². The Morgan fingerprint density at radius 2 is 1.94 bits per heavy atom. The average molecular weight is 246 g/mol. The molecule has 0 saturated carbocycles. The summed E-state index contributed by atoms with van der Waals surface area (Å²) < 4.78 is 2.14. The normalized spacial score (nSPS) is 14.1. The van der Waals surface area contributed by atoms with Gasteiger partial charge in [0, 0.05) is 6.42 Å². The minimum atomic E-state index is -0.375. The number of benzene rings is 1. The Balaban J connectivity index is 2.43. The number of aliphatic hydroxyl groups is 1. The molecule has 2 rings (SSSR count). The molecule has 1 unspecified atom stereocenters. The van der Waals surface area contributed by atoms with Crippen molar-refractivity contribution >= 4 is 11.0 Å². The molecule has 0 aliphatic rings. The Morgan fingerprint density at radius 1 is 1.28 bits per heavy atom. The molecule has 0 fully saturated rings. The number of rotatable bonds is 3. The van der Waals surface area contributed by atoms with Gasteiger partial charge < -0.3 is 9.67 Å². The first-order valence-corrected chi connectivity index (χ1v) is 6.55. The molecule has 2 aromatic rings. The molecule has 0 aliphatic carbocycles. The van der Waals surface area contributed by atoms with Crippen LogP contribution in [0.2, 0.25) is 0 Å². The first-order valence-electron chi connectivity index (χ1n) is 6.55. The van der Waals surface area contributed by atoms with Crippen molar-refractivity contribution in [2.75, 3.05) is 0 Å². The summed E-state index contributed by atoms with van der Waals surface area (Å²) in [6.45, 7) is 8.88. The van der Waals surface area contributed by atoms with Crippen LogP contribution in [0.15, 0.2) is 24.3 Å². The number of nitrogens with zero attached hydrogens (tertiary/aromatic N) is 2. The van der Waals surface area contributed by atoms with Gasteiger partial charge in [0.1, 0.15) is 5.82 Å². The van der Waals surface area contributed by atoms with Gasteiger partial charge in [0.25, 0.3) is 0 Å². The van der Waals surface area contributed by atoms with Crippen LogP contribution in [0.5, 0.6) is 0 Å². The Kier molecular flexibility index (Phi) is 3.44. The lowest BCUT2D eigenvalue weighted by molar-refractivity contribution is 0.0484. The highest BCUT2D eigenvalue weighted by Gasteiger charge is 2.24. The number of aromatic nitrogens is 2. The fourth-order valence-corrected chi connectivity index (χ4v) is 2.05. The number of fused-ring (bicyclic) bond motifs is 1. The van der Waals surface area contributed by atoms with Gasteiger partial charge in [-0.3, -0.25) is 0 Å². The zero-order valence-electron chi connectivity index (χ0n) is 11.6. The zero-order valence-corrected chi connectivity index (χ0v) is 11.6. The summed E-state index contributed by atoms with van der Waals surface area (Å²) in [5.41, 5.74) is 2.00. The summed E-state index contributed by atoms with van der Waals surface area (Å²) in [6.07, 6.45) is 0.506. The molecule has 98 valence electrons. The van der Waals surface area contributed by atoms with Crippen molar-refractivity contribution in [2.45, 2.75) is 46.8 Å². The van der Waals surface area contributed by atoms with E-state index >= 15 is 0 Å². The Bertz CT molecular complexity index is 537. The van der Waals surface area contributed by atoms with Gasteiger partial charge in [-0.15, -0.1) is 0 Å². The standard InChI is InChI=1S/C15H22N2O/c1-5-14-16-11-8-6-7-9-12(11)17(14)10-13(18)15(2,3)4/h6-9,13,18H,5,10H2,1-4H3. The van der Waals surface area contributed by atoms with Crippen LogP contribution in [0.3, 0.4) is 0 Å². The Labute approximate surface area is 108 Å². The first-order chi connectivity index (χ1) is 8.43. The SMILES string of the molecule is CCc1nc2ccccc2n1CC(O)C(C)(C)C. The van der Waals surface area contributed by atoms with Crippen LogP contribution < -0.4 is 0 Å². The van der Waals surface area contributed by atoms with Crippen molar-refractivity contribution in [3.05, 3.63) is 30.1 Å². The molecule has 0 bridgehead atoms. The van der Waals surface area contributed by atoms with E-state index in [-0.39, 0.29) is 11.5 Å². The monoisotopic (exact) mass is 246 g/mol. The summed E-state index contributed by atoms with van der Waals surface area (Å²) in [4.78, 5) is 4.62. The number of imidazole rings is 1. The van der Waals surface area contributed by atoms with Crippen molar-refractivity contribution in [3.63, 3.8) is 0 Å². The topological polar surface area (TPSA) is 38.0 Å². The fraction of sp³-hybridized carbons (Fsp3) is 0.533. The molecule has 0 radical (unpaired) electrons. The molecule has 0 saturated heterocycles. The van der Waals surface area contributed by atoms with Crippen LogP contribution in [0, 0.1) is 5.41 Å². The molecular weight excluding hydrogens is 224 g/mol. The van der Waals surface area contributed by atoms with Crippen molar-refractivity contribution < 1.29 is 5.11 Å². The first kappa shape index (κ1) is 13.1. The quantitative estimate of drug-likeness (QED) is 0.904. The number of para-hydroxylation sites is 2. The van der Waals surface area contributed by atoms with Crippen molar-refractivity contribution in [3.8, 4) is 0 Å². The van der Waals surface area contributed by atoms with E-state index in [9.17, 15) is 5.11 Å². The van der Waals surface area contributed by atoms with E-state index in [4.69, 9.17) is 0 Å². The highest BCUT2D eigenvalue weighted by molar-refractivity contribution is 5.75. The zero-order chi connectivity index (χ0) is 13.3. The third kappa shape index (κ3) is 2.41. The molecule has 3 heteroatoms. The van der Waals surface area contributed by atoms with E-state index in [0.29, 0.717) is 6.54 Å². The minimum Gasteiger partial charge on any atom is -0.391 e. The molecule has 1 atom stereocenters. The van der Waals surface area contributed by atoms with Gasteiger partial charge in [-0.05, 0) is 17.5 Å². The van der Waals surface area contributed by atoms with E-state index < -0.39 is 0 Å². The summed E-state index contributed by atoms with van der Waals surface area (Å²) >= 11 is 0. The lowest BCUT2D eigenvalue weighted by atomic mass is 9.89. The molecule has 1 heterocycles. The second-order valence-electron chi connectivity index (χ2n) is 5.86. The number of hydrogen-bond acceptors (Lipinski definition) is 2. The summed E-state index contributed by atoms with van der Waals surface area (Å²) in [6, 6.07) is 8.11. The average Bonchev–Trinajstić information content (AvgIpc) is 2.66. The van der Waals surface area contributed by atoms with Gasteiger partial charge in [0.15, 0.2) is 0 Å². The van der Waals surface area contributed by atoms with E-state index in [2.05, 4.69) is 43.3 Å². The van der Waals surface area contributed by atoms with Crippen LogP contribution in [0.1, 0.15) is 33.5 Å². The van der Waals surface area contributed by atoms with Gasteiger partial charge in [0.2, 0.25) is 0 Å². The largest absolute Gasteiger partial charge is 0.391 e. The Morgan fingerprint density at radius 3 is 2.56 bits per heavy atom. The predicted molar refractivity (Wildman–Crippen MR) is 74.6 cm³/mol. The van der Waals surface area contributed by atoms with E-state index in [0.717, 1.165) is 23.3 Å². The van der Waals surface area contributed by atoms with Crippen molar-refractivity contribution in [1.82, 2.24) is 9.55 Å². The van der Waals surface area contributed by atoms with Gasteiger partial charge in [-0.2, -0.15) is 0 Å². The summed E-state index contributed by atoms with van der Waals surface area (Å²) in [5.74, 6) is 1.04. The lowest BCUT2D eigenvalue weighted by Crippen LogP contribution is -2.31. The van der Waals surface area contributed by atoms with E-state index in [1.54, 1.807) is 0 Å². The maximum absolute atomic E-state index is 10.3. The smallest absolute Gasteiger partial charge is 0.109 e. The van der Waals surface area contributed by atoms with Crippen LogP contribution >= 0.6 is 0 Å². The molecule has 1 N–H and O–H groups in total. The molecule has 3 nitrogen and oxygen atoms in total. The molecule has 0 amide bonds. The van der Waals surface area contributed by atoms with E-state index in [1.165, 1.54) is 0 Å². The predicted octanol–water partition coefficient (Wildman–Crippen LogP) is 3.01. The van der Waals surface area contributed by atoms with Crippen LogP contribution in [0.25, 0.3) is 11.0 Å². The number of hydrogen-bond donors (Lipinski definition) is 1. The lowest BCUT2D eigenvalue weighted by Gasteiger charge is -2.27. The molecule has 0 spiro atoms. The van der Waals surface area contributed by atoms with Crippen LogP contribution in [-0.2, 0) is 13.0 Å². The van der Waals surface area contributed by atoms with Gasteiger partial charge in [0.05, 0.1) is 23.7 Å². The van der Waals surface area contributed by atoms with Crippen molar-refractivity contribution in [2.24, 2.45) is 5.41 Å². The third-order valence-electron chi connectivity index (χ3n) is 3.41. The molecular formula is C15H22N2O. The second-order valence-corrected chi connectivity index (χ2v) is 5.86. The summed E-state index contributed by atoms with van der Waals surface area (Å²) in [7, 11) is 0. The fourth-order valence-electron chi connectivity index (χ4n) is 2.05. The third-order valence-corrected chi connectivity index (χ3v) is 3.41. The number of aliphatic hydroxyl groups excluding tert-OH is 1. The van der Waals surface area contributed by atoms with Gasteiger partial charge >= 0.3 is 0 Å². The second kappa shape index (κ2) is 4.73. The highest BCUT2D eigenvalue weighted by Crippen LogP contribution is 2.23. The maximum Gasteiger partial charge on any atom is 0.109 e. The molecule has 0 aliphatic heterocycles. The van der Waals surface area contributed by atoms with Gasteiger partial charge in [-0.1, -0.05) is 39.8 Å². The van der Waals surface area contributed by atoms with Crippen LogP contribution in [-0.4, -0.2) is 20.8 Å². The molecule has 1 aromatic heterocycles. The maximum atomic E-state index is 10.3. The molecule has 1 aromatic carbocycles. The van der Waals surface area contributed by atoms with Gasteiger partial charge in [-0.25, -0.2) is 4.98 Å². The highest BCUT2D eigenvalue weighted by atomic mass is 16.3. The Hall–Kier alpha value is -1.35. The summed E-state index contributed by atoms with van der Waals surface area (Å²) in [5, 5.41) is 10.3. The molecule has 18 heavy (non-hydrogen) atoms. The minimum absolute atomic E-state index is 0.115.